The molecule has 0 aromatic heterocycles. The summed E-state index contributed by atoms with van der Waals surface area (Å²) in [6.45, 7) is 12.8. The van der Waals surface area contributed by atoms with Gasteiger partial charge in [-0.05, 0) is 70.6 Å². The van der Waals surface area contributed by atoms with Gasteiger partial charge in [-0.15, -0.1) is 0 Å². The third kappa shape index (κ3) is 7.09. The maximum Gasteiger partial charge on any atom is 0.129 e. The summed E-state index contributed by atoms with van der Waals surface area (Å²) in [5.74, 6) is 0.537. The lowest BCUT2D eigenvalue weighted by atomic mass is 9.80. The van der Waals surface area contributed by atoms with Gasteiger partial charge in [0.25, 0.3) is 0 Å². The van der Waals surface area contributed by atoms with Gasteiger partial charge < -0.3 is 4.84 Å². The molecule has 28 heavy (non-hydrogen) atoms. The van der Waals surface area contributed by atoms with Gasteiger partial charge in [-0.3, -0.25) is 4.90 Å². The molecule has 1 atom stereocenters. The predicted octanol–water partition coefficient (Wildman–Crippen LogP) is 6.55. The molecule has 1 saturated carbocycles. The van der Waals surface area contributed by atoms with E-state index in [0.29, 0.717) is 24.6 Å². The van der Waals surface area contributed by atoms with Crippen molar-refractivity contribution in [2.24, 2.45) is 11.1 Å². The summed E-state index contributed by atoms with van der Waals surface area (Å²) in [4.78, 5) is 8.34. The summed E-state index contributed by atoms with van der Waals surface area (Å²) in [7, 11) is 0. The number of hydrogen-bond donors (Lipinski definition) is 0. The van der Waals surface area contributed by atoms with E-state index in [9.17, 15) is 0 Å². The highest BCUT2D eigenvalue weighted by Crippen LogP contribution is 2.31. The fraction of sp³-hybridized carbons (Fsp3) is 0.640. The lowest BCUT2D eigenvalue weighted by molar-refractivity contribution is 0.0818. The molecule has 0 bridgehead atoms. The Morgan fingerprint density at radius 3 is 2.50 bits per heavy atom. The summed E-state index contributed by atoms with van der Waals surface area (Å²) >= 11 is 0. The minimum absolute atomic E-state index is 0.525. The van der Waals surface area contributed by atoms with Gasteiger partial charge >= 0.3 is 0 Å². The highest BCUT2D eigenvalue weighted by Gasteiger charge is 2.25. The van der Waals surface area contributed by atoms with Crippen LogP contribution in [0, 0.1) is 5.92 Å². The SMILES string of the molecule is CCCC[C@H]1CCCC(=Cc2ccccc2)C1=NOCCN(C(C)C)C(C)C. The number of unbranched alkanes of at least 4 members (excludes halogenated alkanes) is 1. The van der Waals surface area contributed by atoms with Crippen LogP contribution in [-0.2, 0) is 4.84 Å². The standard InChI is InChI=1S/C25H40N2O/c1-6-7-14-23-15-11-16-24(19-22-12-9-8-10-13-22)25(23)26-28-18-17-27(20(2)3)21(4)5/h8-10,12-13,19-21,23H,6-7,11,14-18H2,1-5H3/t23-/m0/s1. The molecular formula is C25H40N2O. The lowest BCUT2D eigenvalue weighted by Gasteiger charge is -2.30. The number of hydrogen-bond acceptors (Lipinski definition) is 3. The molecule has 156 valence electrons. The second kappa shape index (κ2) is 12.1. The molecule has 0 spiro atoms. The van der Waals surface area contributed by atoms with Crippen LogP contribution in [0.5, 0.6) is 0 Å². The molecule has 1 aromatic rings. The van der Waals surface area contributed by atoms with Gasteiger partial charge in [0.2, 0.25) is 0 Å². The van der Waals surface area contributed by atoms with Crippen LogP contribution in [0.3, 0.4) is 0 Å². The van der Waals surface area contributed by atoms with E-state index in [4.69, 9.17) is 9.99 Å². The minimum Gasteiger partial charge on any atom is -0.394 e. The topological polar surface area (TPSA) is 24.8 Å². The van der Waals surface area contributed by atoms with Crippen LogP contribution in [0.2, 0.25) is 0 Å². The van der Waals surface area contributed by atoms with Gasteiger partial charge in [-0.1, -0.05) is 55.3 Å². The number of rotatable bonds is 10. The van der Waals surface area contributed by atoms with E-state index in [-0.39, 0.29) is 0 Å². The van der Waals surface area contributed by atoms with E-state index in [0.717, 1.165) is 13.0 Å². The van der Waals surface area contributed by atoms with Crippen LogP contribution in [0.1, 0.15) is 78.7 Å². The molecule has 2 rings (SSSR count). The Morgan fingerprint density at radius 1 is 1.14 bits per heavy atom. The minimum atomic E-state index is 0.525. The Morgan fingerprint density at radius 2 is 1.86 bits per heavy atom. The predicted molar refractivity (Wildman–Crippen MR) is 122 cm³/mol. The third-order valence-corrected chi connectivity index (χ3v) is 5.69. The Balaban J connectivity index is 2.11. The molecule has 1 fully saturated rings. The molecule has 0 saturated heterocycles. The van der Waals surface area contributed by atoms with Crippen LogP contribution in [0.15, 0.2) is 41.1 Å². The molecule has 3 nitrogen and oxygen atoms in total. The van der Waals surface area contributed by atoms with Gasteiger partial charge in [0.1, 0.15) is 6.61 Å². The number of allylic oxidation sites excluding steroid dienone is 1. The Hall–Kier alpha value is -1.61. The first kappa shape index (κ1) is 22.7. The fourth-order valence-corrected chi connectivity index (χ4v) is 4.20. The normalized spacial score (nSPS) is 20.6. The smallest absolute Gasteiger partial charge is 0.129 e. The van der Waals surface area contributed by atoms with Gasteiger partial charge in [-0.25, -0.2) is 0 Å². The van der Waals surface area contributed by atoms with E-state index >= 15 is 0 Å². The second-order valence-electron chi connectivity index (χ2n) is 8.55. The summed E-state index contributed by atoms with van der Waals surface area (Å²) < 4.78 is 0. The van der Waals surface area contributed by atoms with Crippen molar-refractivity contribution in [2.45, 2.75) is 85.2 Å². The molecule has 3 heteroatoms. The van der Waals surface area contributed by atoms with Crippen molar-refractivity contribution in [3.8, 4) is 0 Å². The summed E-state index contributed by atoms with van der Waals surface area (Å²) in [6, 6.07) is 11.7. The van der Waals surface area contributed by atoms with Gasteiger partial charge in [-0.2, -0.15) is 0 Å². The Labute approximate surface area is 172 Å². The zero-order chi connectivity index (χ0) is 20.4. The van der Waals surface area contributed by atoms with Gasteiger partial charge in [0, 0.05) is 24.5 Å². The van der Waals surface area contributed by atoms with Crippen molar-refractivity contribution < 1.29 is 4.84 Å². The maximum atomic E-state index is 5.89. The van der Waals surface area contributed by atoms with Crippen molar-refractivity contribution in [3.05, 3.63) is 41.5 Å². The average Bonchev–Trinajstić information content (AvgIpc) is 2.67. The Kier molecular flexibility index (Phi) is 9.77. The van der Waals surface area contributed by atoms with Crippen molar-refractivity contribution in [1.29, 1.82) is 0 Å². The highest BCUT2D eigenvalue weighted by molar-refractivity contribution is 6.05. The zero-order valence-corrected chi connectivity index (χ0v) is 18.7. The molecule has 1 aliphatic rings. The molecule has 1 aromatic carbocycles. The fourth-order valence-electron chi connectivity index (χ4n) is 4.20. The summed E-state index contributed by atoms with van der Waals surface area (Å²) in [5, 5.41) is 4.71. The first-order valence-electron chi connectivity index (χ1n) is 11.2. The molecule has 0 heterocycles. The highest BCUT2D eigenvalue weighted by atomic mass is 16.6. The van der Waals surface area contributed by atoms with Gasteiger partial charge in [0.05, 0.1) is 5.71 Å². The molecule has 0 unspecified atom stereocenters. The quantitative estimate of drug-likeness (QED) is 0.337. The first-order chi connectivity index (χ1) is 13.5. The van der Waals surface area contributed by atoms with E-state index in [1.165, 1.54) is 49.0 Å². The van der Waals surface area contributed by atoms with Crippen LogP contribution < -0.4 is 0 Å². The number of benzene rings is 1. The maximum absolute atomic E-state index is 5.89. The van der Waals surface area contributed by atoms with Crippen molar-refractivity contribution in [3.63, 3.8) is 0 Å². The monoisotopic (exact) mass is 384 g/mol. The van der Waals surface area contributed by atoms with Crippen molar-refractivity contribution >= 4 is 11.8 Å². The molecule has 0 aliphatic heterocycles. The molecule has 1 aliphatic carbocycles. The molecule has 0 radical (unpaired) electrons. The van der Waals surface area contributed by atoms with Crippen LogP contribution >= 0.6 is 0 Å². The summed E-state index contributed by atoms with van der Waals surface area (Å²) in [5.41, 5.74) is 3.82. The zero-order valence-electron chi connectivity index (χ0n) is 18.7. The van der Waals surface area contributed by atoms with E-state index in [1.54, 1.807) is 0 Å². The molecule has 0 N–H and O–H groups in total. The van der Waals surface area contributed by atoms with E-state index in [2.05, 4.69) is 75.9 Å². The molecule has 0 amide bonds. The van der Waals surface area contributed by atoms with E-state index in [1.807, 2.05) is 0 Å². The summed E-state index contributed by atoms with van der Waals surface area (Å²) in [6.07, 6.45) is 9.61. The van der Waals surface area contributed by atoms with Crippen LogP contribution in [0.4, 0.5) is 0 Å². The lowest BCUT2D eigenvalue weighted by Crippen LogP contribution is -2.39. The number of oxime groups is 1. The average molecular weight is 385 g/mol. The van der Waals surface area contributed by atoms with Crippen molar-refractivity contribution in [1.82, 2.24) is 4.90 Å². The second-order valence-corrected chi connectivity index (χ2v) is 8.55. The number of nitrogens with zero attached hydrogens (tertiary/aromatic N) is 2. The van der Waals surface area contributed by atoms with Crippen LogP contribution in [-0.4, -0.2) is 35.8 Å². The van der Waals surface area contributed by atoms with Crippen molar-refractivity contribution in [2.75, 3.05) is 13.2 Å². The van der Waals surface area contributed by atoms with Crippen LogP contribution in [0.25, 0.3) is 6.08 Å². The largest absolute Gasteiger partial charge is 0.394 e. The van der Waals surface area contributed by atoms with E-state index < -0.39 is 0 Å². The first-order valence-corrected chi connectivity index (χ1v) is 11.2. The molecular weight excluding hydrogens is 344 g/mol. The third-order valence-electron chi connectivity index (χ3n) is 5.69. The van der Waals surface area contributed by atoms with Gasteiger partial charge in [0.15, 0.2) is 0 Å². The Bertz CT molecular complexity index is 611.